The van der Waals surface area contributed by atoms with E-state index in [0.29, 0.717) is 32.5 Å². The zero-order valence-corrected chi connectivity index (χ0v) is 17.7. The molecule has 6 nitrogen and oxygen atoms in total. The van der Waals surface area contributed by atoms with Crippen LogP contribution in [0.3, 0.4) is 0 Å². The molecule has 0 aromatic carbocycles. The molecule has 8 heteroatoms. The van der Waals surface area contributed by atoms with E-state index < -0.39 is 16.1 Å². The summed E-state index contributed by atoms with van der Waals surface area (Å²) in [5.74, 6) is -0.0699. The second-order valence-corrected chi connectivity index (χ2v) is 11.1. The van der Waals surface area contributed by atoms with Crippen molar-refractivity contribution in [3.63, 3.8) is 0 Å². The van der Waals surface area contributed by atoms with Gasteiger partial charge in [0.15, 0.2) is 0 Å². The first kappa shape index (κ1) is 20.8. The third-order valence-electron chi connectivity index (χ3n) is 6.02. The number of rotatable bonds is 6. The van der Waals surface area contributed by atoms with Gasteiger partial charge in [-0.2, -0.15) is 0 Å². The number of hydrogen-bond acceptors (Lipinski definition) is 5. The summed E-state index contributed by atoms with van der Waals surface area (Å²) in [7, 11) is -3.17. The van der Waals surface area contributed by atoms with Crippen LogP contribution >= 0.6 is 11.3 Å². The number of hydrogen-bond donors (Lipinski definition) is 2. The number of thiophene rings is 1. The summed E-state index contributed by atoms with van der Waals surface area (Å²) in [5.41, 5.74) is -0.0269. The van der Waals surface area contributed by atoms with Gasteiger partial charge in [0.2, 0.25) is 15.9 Å². The molecule has 1 aromatic heterocycles. The number of piperidine rings is 1. The average molecular weight is 415 g/mol. The van der Waals surface area contributed by atoms with E-state index >= 15 is 0 Å². The van der Waals surface area contributed by atoms with Crippen molar-refractivity contribution in [3.05, 3.63) is 21.9 Å². The molecule has 1 aliphatic heterocycles. The number of amides is 1. The zero-order valence-electron chi connectivity index (χ0n) is 16.1. The number of carbonyl (C=O) groups excluding carboxylic acids is 1. The Balaban J connectivity index is 1.60. The molecule has 1 aliphatic carbocycles. The molecule has 1 aromatic rings. The van der Waals surface area contributed by atoms with Crippen molar-refractivity contribution in [1.29, 1.82) is 0 Å². The predicted octanol–water partition coefficient (Wildman–Crippen LogP) is 2.40. The Bertz CT molecular complexity index is 758. The lowest BCUT2D eigenvalue weighted by Crippen LogP contribution is -2.45. The maximum Gasteiger partial charge on any atom is 0.223 e. The smallest absolute Gasteiger partial charge is 0.223 e. The molecule has 2 aliphatic rings. The van der Waals surface area contributed by atoms with Crippen LogP contribution in [-0.2, 0) is 20.2 Å². The third-order valence-corrected chi connectivity index (χ3v) is 8.82. The summed E-state index contributed by atoms with van der Waals surface area (Å²) in [6.45, 7) is 3.24. The van der Waals surface area contributed by atoms with Crippen molar-refractivity contribution in [2.45, 2.75) is 57.0 Å². The summed E-state index contributed by atoms with van der Waals surface area (Å²) < 4.78 is 24.7. The maximum atomic E-state index is 12.7. The van der Waals surface area contributed by atoms with Crippen LogP contribution in [0.25, 0.3) is 0 Å². The van der Waals surface area contributed by atoms with Gasteiger partial charge in [0.05, 0.1) is 12.4 Å². The highest BCUT2D eigenvalue weighted by atomic mass is 32.2. The van der Waals surface area contributed by atoms with Gasteiger partial charge in [0.1, 0.15) is 0 Å². The van der Waals surface area contributed by atoms with Crippen LogP contribution in [0.2, 0.25) is 0 Å². The van der Waals surface area contributed by atoms with Crippen molar-refractivity contribution in [2.24, 2.45) is 5.92 Å². The normalized spacial score (nSPS) is 22.6. The Morgan fingerprint density at radius 1 is 1.33 bits per heavy atom. The molecule has 1 amide bonds. The minimum Gasteiger partial charge on any atom is -0.388 e. The summed E-state index contributed by atoms with van der Waals surface area (Å²) in [5, 5.41) is 13.0. The van der Waals surface area contributed by atoms with E-state index in [2.05, 4.69) is 11.4 Å². The van der Waals surface area contributed by atoms with Crippen LogP contribution < -0.4 is 5.32 Å². The van der Waals surface area contributed by atoms with E-state index in [4.69, 9.17) is 0 Å². The Morgan fingerprint density at radius 2 is 1.96 bits per heavy atom. The highest BCUT2D eigenvalue weighted by Crippen LogP contribution is 2.44. The van der Waals surface area contributed by atoms with E-state index in [1.165, 1.54) is 15.4 Å². The van der Waals surface area contributed by atoms with Crippen molar-refractivity contribution >= 4 is 27.3 Å². The Morgan fingerprint density at radius 3 is 2.48 bits per heavy atom. The molecule has 152 valence electrons. The van der Waals surface area contributed by atoms with Crippen molar-refractivity contribution in [1.82, 2.24) is 9.62 Å². The SMILES string of the molecule is C[C@H](O)c1ccc(C2(CNC(=O)C3CCN(S(C)(=O)=O)CC3)CCCC2)s1. The number of aliphatic hydroxyl groups excluding tert-OH is 1. The average Bonchev–Trinajstić information content (AvgIpc) is 3.29. The highest BCUT2D eigenvalue weighted by molar-refractivity contribution is 7.88. The second-order valence-electron chi connectivity index (χ2n) is 8.02. The molecule has 0 radical (unpaired) electrons. The largest absolute Gasteiger partial charge is 0.388 e. The van der Waals surface area contributed by atoms with Crippen LogP contribution in [-0.4, -0.2) is 49.6 Å². The van der Waals surface area contributed by atoms with Gasteiger partial charge in [-0.1, -0.05) is 12.8 Å². The molecule has 27 heavy (non-hydrogen) atoms. The first-order valence-corrected chi connectivity index (χ1v) is 12.4. The Kier molecular flexibility index (Phi) is 6.30. The minimum atomic E-state index is -3.17. The predicted molar refractivity (Wildman–Crippen MR) is 107 cm³/mol. The van der Waals surface area contributed by atoms with Crippen molar-refractivity contribution < 1.29 is 18.3 Å². The van der Waals surface area contributed by atoms with Gasteiger partial charge < -0.3 is 10.4 Å². The fourth-order valence-electron chi connectivity index (χ4n) is 4.27. The van der Waals surface area contributed by atoms with Gasteiger partial charge in [-0.05, 0) is 44.7 Å². The Labute approximate surface area is 166 Å². The number of nitrogens with one attached hydrogen (secondary N) is 1. The summed E-state index contributed by atoms with van der Waals surface area (Å²) in [6.07, 6.45) is 6.35. The molecule has 0 spiro atoms. The zero-order chi connectivity index (χ0) is 19.7. The monoisotopic (exact) mass is 414 g/mol. The number of carbonyl (C=O) groups is 1. The Hall–Kier alpha value is -0.960. The fraction of sp³-hybridized carbons (Fsp3) is 0.737. The molecule has 0 unspecified atom stereocenters. The van der Waals surface area contributed by atoms with E-state index in [1.807, 2.05) is 6.07 Å². The molecule has 3 rings (SSSR count). The van der Waals surface area contributed by atoms with Crippen molar-refractivity contribution in [2.75, 3.05) is 25.9 Å². The van der Waals surface area contributed by atoms with Gasteiger partial charge in [-0.25, -0.2) is 12.7 Å². The molecule has 1 saturated heterocycles. The molecule has 1 atom stereocenters. The fourth-order valence-corrected chi connectivity index (χ4v) is 6.34. The molecule has 0 bridgehead atoms. The number of nitrogens with zero attached hydrogens (tertiary/aromatic N) is 1. The lowest BCUT2D eigenvalue weighted by Gasteiger charge is -2.32. The third kappa shape index (κ3) is 4.72. The first-order chi connectivity index (χ1) is 12.7. The number of aliphatic hydroxyl groups is 1. The standard InChI is InChI=1S/C19H30N2O4S2/c1-14(22)16-5-6-17(26-16)19(9-3-4-10-19)13-20-18(23)15-7-11-21(12-8-15)27(2,24)25/h5-6,14-15,22H,3-4,7-13H2,1-2H3,(H,20,23)/t14-/m0/s1. The molecule has 1 saturated carbocycles. The lowest BCUT2D eigenvalue weighted by molar-refractivity contribution is -0.126. The van der Waals surface area contributed by atoms with Crippen LogP contribution in [0.15, 0.2) is 12.1 Å². The quantitative estimate of drug-likeness (QED) is 0.748. The van der Waals surface area contributed by atoms with Gasteiger partial charge in [0.25, 0.3) is 0 Å². The molecule has 2 N–H and O–H groups in total. The summed E-state index contributed by atoms with van der Waals surface area (Å²) in [6, 6.07) is 4.10. The number of sulfonamides is 1. The van der Waals surface area contributed by atoms with Gasteiger partial charge in [0, 0.05) is 40.7 Å². The van der Waals surface area contributed by atoms with Gasteiger partial charge >= 0.3 is 0 Å². The minimum absolute atomic E-state index is 0.0269. The van der Waals surface area contributed by atoms with Crippen LogP contribution in [0.4, 0.5) is 0 Å². The lowest BCUT2D eigenvalue weighted by atomic mass is 9.84. The summed E-state index contributed by atoms with van der Waals surface area (Å²) >= 11 is 1.65. The van der Waals surface area contributed by atoms with Gasteiger partial charge in [-0.15, -0.1) is 11.3 Å². The maximum absolute atomic E-state index is 12.7. The van der Waals surface area contributed by atoms with Crippen LogP contribution in [0, 0.1) is 5.92 Å². The van der Waals surface area contributed by atoms with Crippen molar-refractivity contribution in [3.8, 4) is 0 Å². The van der Waals surface area contributed by atoms with Crippen LogP contribution in [0.1, 0.15) is 61.3 Å². The molecular formula is C19H30N2O4S2. The van der Waals surface area contributed by atoms with E-state index in [1.54, 1.807) is 18.3 Å². The second kappa shape index (κ2) is 8.19. The van der Waals surface area contributed by atoms with Crippen LogP contribution in [0.5, 0.6) is 0 Å². The molecule has 2 heterocycles. The topological polar surface area (TPSA) is 86.7 Å². The first-order valence-electron chi connectivity index (χ1n) is 9.72. The summed E-state index contributed by atoms with van der Waals surface area (Å²) in [4.78, 5) is 14.9. The molecule has 2 fully saturated rings. The van der Waals surface area contributed by atoms with Gasteiger partial charge in [-0.3, -0.25) is 4.79 Å². The molecular weight excluding hydrogens is 384 g/mol. The highest BCUT2D eigenvalue weighted by Gasteiger charge is 2.38. The van der Waals surface area contributed by atoms with E-state index in [0.717, 1.165) is 30.6 Å². The van der Waals surface area contributed by atoms with E-state index in [9.17, 15) is 18.3 Å². The van der Waals surface area contributed by atoms with E-state index in [-0.39, 0.29) is 17.2 Å².